The number of aromatic nitrogens is 2. The molecular formula is C11H14N2O4. The smallest absolute Gasteiger partial charge is 0.358 e. The molecular weight excluding hydrogens is 224 g/mol. The van der Waals surface area contributed by atoms with Crippen molar-refractivity contribution in [1.29, 1.82) is 0 Å². The fraction of sp³-hybridized carbons (Fsp3) is 0.455. The molecule has 1 aromatic rings. The average molecular weight is 238 g/mol. The first-order valence-electron chi connectivity index (χ1n) is 5.05. The molecule has 0 aliphatic heterocycles. The maximum absolute atomic E-state index is 11.4. The largest absolute Gasteiger partial charge is 0.464 e. The number of carbonyl (C=O) groups excluding carboxylic acids is 2. The second kappa shape index (κ2) is 5.38. The summed E-state index contributed by atoms with van der Waals surface area (Å²) < 4.78 is 9.14. The number of methoxy groups -OCH3 is 2. The molecule has 0 aliphatic rings. The summed E-state index contributed by atoms with van der Waals surface area (Å²) >= 11 is 0. The Hall–Kier alpha value is -1.98. The molecule has 0 unspecified atom stereocenters. The molecule has 0 saturated carbocycles. The standard InChI is InChI=1S/C11H14N2O4/c1-6(2)7-5-8(10(14)16-3)12-13-9(7)11(15)17-4/h5-6H,1-4H3. The number of hydrogen-bond donors (Lipinski definition) is 0. The van der Waals surface area contributed by atoms with Crippen LogP contribution in [0, 0.1) is 0 Å². The van der Waals surface area contributed by atoms with Gasteiger partial charge in [-0.15, -0.1) is 10.2 Å². The monoisotopic (exact) mass is 238 g/mol. The van der Waals surface area contributed by atoms with E-state index in [1.165, 1.54) is 20.3 Å². The number of carbonyl (C=O) groups is 2. The van der Waals surface area contributed by atoms with Crippen LogP contribution in [0.15, 0.2) is 6.07 Å². The molecule has 0 radical (unpaired) electrons. The third kappa shape index (κ3) is 2.77. The molecule has 0 spiro atoms. The molecule has 17 heavy (non-hydrogen) atoms. The Kier molecular flexibility index (Phi) is 4.14. The molecule has 1 rings (SSSR count). The van der Waals surface area contributed by atoms with Crippen molar-refractivity contribution in [3.63, 3.8) is 0 Å². The summed E-state index contributed by atoms with van der Waals surface area (Å²) in [5.74, 6) is -1.14. The quantitative estimate of drug-likeness (QED) is 0.735. The van der Waals surface area contributed by atoms with Gasteiger partial charge in [0.15, 0.2) is 11.4 Å². The summed E-state index contributed by atoms with van der Waals surface area (Å²) in [7, 11) is 2.52. The van der Waals surface area contributed by atoms with E-state index in [1.54, 1.807) is 0 Å². The van der Waals surface area contributed by atoms with Crippen molar-refractivity contribution >= 4 is 11.9 Å². The van der Waals surface area contributed by atoms with Crippen LogP contribution in [0.2, 0.25) is 0 Å². The van der Waals surface area contributed by atoms with Crippen molar-refractivity contribution < 1.29 is 19.1 Å². The lowest BCUT2D eigenvalue weighted by molar-refractivity contribution is 0.0572. The minimum Gasteiger partial charge on any atom is -0.464 e. The Balaban J connectivity index is 3.26. The van der Waals surface area contributed by atoms with Crippen LogP contribution in [0.3, 0.4) is 0 Å². The number of nitrogens with zero attached hydrogens (tertiary/aromatic N) is 2. The van der Waals surface area contributed by atoms with E-state index < -0.39 is 11.9 Å². The van der Waals surface area contributed by atoms with Crippen LogP contribution in [-0.4, -0.2) is 36.4 Å². The van der Waals surface area contributed by atoms with Crippen molar-refractivity contribution in [3.8, 4) is 0 Å². The van der Waals surface area contributed by atoms with Crippen LogP contribution in [0.4, 0.5) is 0 Å². The second-order valence-corrected chi connectivity index (χ2v) is 3.67. The summed E-state index contributed by atoms with van der Waals surface area (Å²) in [6, 6.07) is 1.50. The molecule has 6 heteroatoms. The maximum Gasteiger partial charge on any atom is 0.358 e. The summed E-state index contributed by atoms with van der Waals surface area (Å²) in [4.78, 5) is 22.7. The first-order valence-corrected chi connectivity index (χ1v) is 5.05. The highest BCUT2D eigenvalue weighted by atomic mass is 16.5. The van der Waals surface area contributed by atoms with Crippen LogP contribution in [-0.2, 0) is 9.47 Å². The Morgan fingerprint density at radius 1 is 1.12 bits per heavy atom. The van der Waals surface area contributed by atoms with Crippen molar-refractivity contribution in [2.24, 2.45) is 0 Å². The van der Waals surface area contributed by atoms with Gasteiger partial charge in [-0.3, -0.25) is 0 Å². The van der Waals surface area contributed by atoms with Gasteiger partial charge in [-0.25, -0.2) is 9.59 Å². The average Bonchev–Trinajstić information content (AvgIpc) is 2.35. The molecule has 0 amide bonds. The third-order valence-corrected chi connectivity index (χ3v) is 2.22. The molecule has 1 heterocycles. The van der Waals surface area contributed by atoms with Crippen LogP contribution in [0.5, 0.6) is 0 Å². The van der Waals surface area contributed by atoms with Crippen molar-refractivity contribution in [1.82, 2.24) is 10.2 Å². The van der Waals surface area contributed by atoms with Gasteiger partial charge in [-0.2, -0.15) is 0 Å². The Bertz CT molecular complexity index is 443. The Morgan fingerprint density at radius 3 is 2.18 bits per heavy atom. The first kappa shape index (κ1) is 13.1. The fourth-order valence-corrected chi connectivity index (χ4v) is 1.31. The van der Waals surface area contributed by atoms with Gasteiger partial charge in [0, 0.05) is 0 Å². The van der Waals surface area contributed by atoms with Crippen LogP contribution >= 0.6 is 0 Å². The van der Waals surface area contributed by atoms with Crippen molar-refractivity contribution in [3.05, 3.63) is 23.0 Å². The van der Waals surface area contributed by atoms with Crippen LogP contribution in [0.1, 0.15) is 46.3 Å². The van der Waals surface area contributed by atoms with Gasteiger partial charge in [0.05, 0.1) is 14.2 Å². The lowest BCUT2D eigenvalue weighted by Crippen LogP contribution is -2.15. The summed E-state index contributed by atoms with van der Waals surface area (Å²) in [6.45, 7) is 3.76. The number of esters is 2. The van der Waals surface area contributed by atoms with Gasteiger partial charge < -0.3 is 9.47 Å². The van der Waals surface area contributed by atoms with E-state index in [0.29, 0.717) is 5.56 Å². The van der Waals surface area contributed by atoms with E-state index in [2.05, 4.69) is 19.7 Å². The van der Waals surface area contributed by atoms with Crippen molar-refractivity contribution in [2.45, 2.75) is 19.8 Å². The normalized spacial score (nSPS) is 10.2. The van der Waals surface area contributed by atoms with Gasteiger partial charge in [0.2, 0.25) is 0 Å². The molecule has 0 atom stereocenters. The van der Waals surface area contributed by atoms with Gasteiger partial charge in [0.25, 0.3) is 0 Å². The highest BCUT2D eigenvalue weighted by molar-refractivity contribution is 5.91. The minimum atomic E-state index is -0.587. The summed E-state index contributed by atoms with van der Waals surface area (Å²) in [5.41, 5.74) is 0.797. The SMILES string of the molecule is COC(=O)c1cc(C(C)C)c(C(=O)OC)nn1. The van der Waals surface area contributed by atoms with E-state index in [1.807, 2.05) is 13.8 Å². The molecule has 1 aromatic heterocycles. The second-order valence-electron chi connectivity index (χ2n) is 3.67. The zero-order valence-electron chi connectivity index (χ0n) is 10.2. The van der Waals surface area contributed by atoms with Crippen LogP contribution in [0.25, 0.3) is 0 Å². The van der Waals surface area contributed by atoms with E-state index >= 15 is 0 Å². The number of ether oxygens (including phenoxy) is 2. The third-order valence-electron chi connectivity index (χ3n) is 2.22. The minimum absolute atomic E-state index is 0.0167. The van der Waals surface area contributed by atoms with E-state index in [0.717, 1.165) is 0 Å². The lowest BCUT2D eigenvalue weighted by Gasteiger charge is -2.10. The topological polar surface area (TPSA) is 78.4 Å². The molecule has 0 N–H and O–H groups in total. The van der Waals surface area contributed by atoms with E-state index in [9.17, 15) is 9.59 Å². The maximum atomic E-state index is 11.4. The molecule has 0 fully saturated rings. The molecule has 0 saturated heterocycles. The molecule has 0 bridgehead atoms. The zero-order valence-corrected chi connectivity index (χ0v) is 10.2. The predicted molar refractivity (Wildman–Crippen MR) is 58.8 cm³/mol. The number of rotatable bonds is 3. The molecule has 6 nitrogen and oxygen atoms in total. The number of hydrogen-bond acceptors (Lipinski definition) is 6. The summed E-state index contributed by atoms with van der Waals surface area (Å²) in [5, 5.41) is 7.35. The highest BCUT2D eigenvalue weighted by Gasteiger charge is 2.20. The molecule has 0 aliphatic carbocycles. The van der Waals surface area contributed by atoms with Gasteiger partial charge >= 0.3 is 11.9 Å². The highest BCUT2D eigenvalue weighted by Crippen LogP contribution is 2.19. The lowest BCUT2D eigenvalue weighted by atomic mass is 10.0. The summed E-state index contributed by atoms with van der Waals surface area (Å²) in [6.07, 6.45) is 0. The van der Waals surface area contributed by atoms with E-state index in [-0.39, 0.29) is 17.3 Å². The Labute approximate surface area is 98.9 Å². The van der Waals surface area contributed by atoms with Gasteiger partial charge in [-0.05, 0) is 17.5 Å². The van der Waals surface area contributed by atoms with Gasteiger partial charge in [-0.1, -0.05) is 13.8 Å². The fourth-order valence-electron chi connectivity index (χ4n) is 1.31. The molecule has 0 aromatic carbocycles. The van der Waals surface area contributed by atoms with Crippen LogP contribution < -0.4 is 0 Å². The van der Waals surface area contributed by atoms with E-state index in [4.69, 9.17) is 0 Å². The Morgan fingerprint density at radius 2 is 1.71 bits per heavy atom. The zero-order chi connectivity index (χ0) is 13.0. The molecule has 92 valence electrons. The predicted octanol–water partition coefficient (Wildman–Crippen LogP) is 1.17. The van der Waals surface area contributed by atoms with Crippen molar-refractivity contribution in [2.75, 3.05) is 14.2 Å². The first-order chi connectivity index (χ1) is 8.01. The van der Waals surface area contributed by atoms with Gasteiger partial charge in [0.1, 0.15) is 0 Å².